The summed E-state index contributed by atoms with van der Waals surface area (Å²) in [5, 5.41) is 0. The van der Waals surface area contributed by atoms with E-state index < -0.39 is 0 Å². The van der Waals surface area contributed by atoms with Crippen molar-refractivity contribution in [1.82, 2.24) is 0 Å². The molecule has 1 aromatic heterocycles. The molecule has 0 fully saturated rings. The lowest BCUT2D eigenvalue weighted by Gasteiger charge is -2.36. The molecule has 0 bridgehead atoms. The molecular weight excluding hydrogens is 302 g/mol. The molecule has 3 rings (SSSR count). The lowest BCUT2D eigenvalue weighted by molar-refractivity contribution is -0.577. The second-order valence-corrected chi connectivity index (χ2v) is 7.42. The summed E-state index contributed by atoms with van der Waals surface area (Å²) in [5.41, 5.74) is 8.40. The molecule has 2 aromatic rings. The Kier molecular flexibility index (Phi) is 5.13. The molecule has 0 atom stereocenters. The molecule has 1 nitrogen and oxygen atoms in total. The largest absolute Gasteiger partial charge is 0.221 e. The number of aryl methyl sites for hydroxylation is 1. The summed E-state index contributed by atoms with van der Waals surface area (Å²) in [7, 11) is 0. The third-order valence-corrected chi connectivity index (χ3v) is 6.30. The van der Waals surface area contributed by atoms with Crippen molar-refractivity contribution in [3.63, 3.8) is 0 Å². The van der Waals surface area contributed by atoms with Gasteiger partial charge in [0.2, 0.25) is 5.69 Å². The maximum Gasteiger partial charge on any atom is 0.221 e. The van der Waals surface area contributed by atoms with Crippen LogP contribution in [-0.4, -0.2) is 0 Å². The first-order valence-electron chi connectivity index (χ1n) is 9.94. The van der Waals surface area contributed by atoms with E-state index in [0.717, 1.165) is 12.8 Å². The number of fused-ring (bicyclic) bond motifs is 3. The molecule has 0 spiro atoms. The first kappa shape index (κ1) is 17.9. The number of hydrogen-bond donors (Lipinski definition) is 0. The maximum atomic E-state index is 4.56. The Morgan fingerprint density at radius 2 is 1.72 bits per heavy atom. The zero-order valence-electron chi connectivity index (χ0n) is 16.4. The van der Waals surface area contributed by atoms with Gasteiger partial charge in [0.05, 0.1) is 11.0 Å². The Balaban J connectivity index is 2.19. The number of pyridine rings is 1. The van der Waals surface area contributed by atoms with Gasteiger partial charge in [0.25, 0.3) is 0 Å². The minimum atomic E-state index is 0.0461. The van der Waals surface area contributed by atoms with Crippen molar-refractivity contribution in [3.8, 4) is 11.3 Å². The zero-order valence-corrected chi connectivity index (χ0v) is 16.4. The van der Waals surface area contributed by atoms with Crippen molar-refractivity contribution < 1.29 is 4.57 Å². The van der Waals surface area contributed by atoms with E-state index in [0.29, 0.717) is 0 Å². The molecule has 0 radical (unpaired) electrons. The minimum absolute atomic E-state index is 0.0461. The van der Waals surface area contributed by atoms with Gasteiger partial charge in [-0.15, -0.1) is 0 Å². The van der Waals surface area contributed by atoms with Crippen molar-refractivity contribution in [2.24, 2.45) is 0 Å². The highest BCUT2D eigenvalue weighted by Crippen LogP contribution is 2.46. The molecule has 132 valence electrons. The van der Waals surface area contributed by atoms with Crippen molar-refractivity contribution >= 4 is 5.70 Å². The van der Waals surface area contributed by atoms with Crippen LogP contribution < -0.4 is 4.57 Å². The van der Waals surface area contributed by atoms with Gasteiger partial charge in [0.1, 0.15) is 0 Å². The van der Waals surface area contributed by atoms with Gasteiger partial charge in [-0.05, 0) is 56.4 Å². The summed E-state index contributed by atoms with van der Waals surface area (Å²) in [6.07, 6.45) is 9.47. The Morgan fingerprint density at radius 1 is 1.00 bits per heavy atom. The van der Waals surface area contributed by atoms with Gasteiger partial charge >= 0.3 is 0 Å². The molecule has 0 N–H and O–H groups in total. The van der Waals surface area contributed by atoms with Crippen molar-refractivity contribution in [3.05, 3.63) is 59.8 Å². The van der Waals surface area contributed by atoms with Crippen LogP contribution in [-0.2, 0) is 11.8 Å². The van der Waals surface area contributed by atoms with Gasteiger partial charge in [0.15, 0.2) is 11.9 Å². The molecule has 0 saturated carbocycles. The number of allylic oxidation sites excluding steroid dienone is 1. The summed E-state index contributed by atoms with van der Waals surface area (Å²) in [6.45, 7) is 13.7. The zero-order chi connectivity index (χ0) is 18.0. The first-order chi connectivity index (χ1) is 12.1. The molecule has 1 heteroatoms. The first-order valence-corrected chi connectivity index (χ1v) is 9.94. The lowest BCUT2D eigenvalue weighted by Crippen LogP contribution is -2.49. The van der Waals surface area contributed by atoms with Crippen LogP contribution in [0.15, 0.2) is 43.1 Å². The van der Waals surface area contributed by atoms with Gasteiger partial charge in [-0.3, -0.25) is 0 Å². The number of rotatable bonds is 6. The summed E-state index contributed by atoms with van der Waals surface area (Å²) in [4.78, 5) is 0. The van der Waals surface area contributed by atoms with Crippen molar-refractivity contribution in [1.29, 1.82) is 0 Å². The molecule has 1 aliphatic heterocycles. The van der Waals surface area contributed by atoms with E-state index in [1.807, 2.05) is 0 Å². The molecule has 0 unspecified atom stereocenters. The van der Waals surface area contributed by atoms with Crippen LogP contribution in [0.25, 0.3) is 17.0 Å². The van der Waals surface area contributed by atoms with E-state index in [4.69, 9.17) is 0 Å². The van der Waals surface area contributed by atoms with Gasteiger partial charge in [-0.25, -0.2) is 0 Å². The highest BCUT2D eigenvalue weighted by molar-refractivity contribution is 5.75. The van der Waals surface area contributed by atoms with Crippen LogP contribution in [0.3, 0.4) is 0 Å². The molecule has 1 aliphatic rings. The predicted molar refractivity (Wildman–Crippen MR) is 108 cm³/mol. The van der Waals surface area contributed by atoms with Crippen LogP contribution >= 0.6 is 0 Å². The quantitative estimate of drug-likeness (QED) is 0.436. The summed E-state index contributed by atoms with van der Waals surface area (Å²) in [5.74, 6) is 0. The number of aromatic nitrogens is 1. The molecule has 1 aromatic carbocycles. The molecule has 0 amide bonds. The van der Waals surface area contributed by atoms with E-state index >= 15 is 0 Å². The average molecular weight is 335 g/mol. The normalized spacial score (nSPS) is 15.0. The van der Waals surface area contributed by atoms with Gasteiger partial charge in [0, 0.05) is 11.6 Å². The number of hydrogen-bond acceptors (Lipinski definition) is 0. The summed E-state index contributed by atoms with van der Waals surface area (Å²) >= 11 is 0. The van der Waals surface area contributed by atoms with Gasteiger partial charge < -0.3 is 0 Å². The topological polar surface area (TPSA) is 3.88 Å². The lowest BCUT2D eigenvalue weighted by atomic mass is 9.68. The summed E-state index contributed by atoms with van der Waals surface area (Å²) < 4.78 is 2.37. The predicted octanol–water partition coefficient (Wildman–Crippen LogP) is 6.22. The van der Waals surface area contributed by atoms with Crippen LogP contribution in [0, 0.1) is 6.92 Å². The number of nitrogens with zero attached hydrogens (tertiary/aromatic N) is 1. The molecule has 25 heavy (non-hydrogen) atoms. The standard InChI is InChI=1S/C24H32N/c1-6-9-10-13-20-16-17-25-19(5)24(7-2,8-3)22-15-12-11-14-21(22)23(25)18(20)4/h11-12,14-17H,5-10,13H2,1-4H3/q+1. The highest BCUT2D eigenvalue weighted by Gasteiger charge is 2.46. The van der Waals surface area contributed by atoms with Crippen LogP contribution in [0.2, 0.25) is 0 Å². The average Bonchev–Trinajstić information content (AvgIpc) is 2.64. The van der Waals surface area contributed by atoms with E-state index in [1.54, 1.807) is 0 Å². The fraction of sp³-hybridized carbons (Fsp3) is 0.458. The Morgan fingerprint density at radius 3 is 2.40 bits per heavy atom. The van der Waals surface area contributed by atoms with E-state index in [2.05, 4.69) is 75.4 Å². The third-order valence-electron chi connectivity index (χ3n) is 6.30. The maximum absolute atomic E-state index is 4.56. The van der Waals surface area contributed by atoms with Gasteiger partial charge in [-0.2, -0.15) is 4.57 Å². The molecular formula is C24H32N+. The minimum Gasteiger partial charge on any atom is -0.163 e. The second-order valence-electron chi connectivity index (χ2n) is 7.42. The monoisotopic (exact) mass is 334 g/mol. The fourth-order valence-electron chi connectivity index (χ4n) is 4.62. The molecule has 0 saturated heterocycles. The SMILES string of the molecule is C=C1[n+]2ccc(CCCCC)c(C)c2-c2ccccc2C1(CC)CC. The Labute approximate surface area is 153 Å². The van der Waals surface area contributed by atoms with E-state index in [1.165, 1.54) is 59.3 Å². The summed E-state index contributed by atoms with van der Waals surface area (Å²) in [6, 6.07) is 11.3. The number of benzene rings is 1. The van der Waals surface area contributed by atoms with E-state index in [-0.39, 0.29) is 5.41 Å². The molecule has 2 heterocycles. The number of unbranched alkanes of at least 4 members (excludes halogenated alkanes) is 2. The van der Waals surface area contributed by atoms with Gasteiger partial charge in [-0.1, -0.05) is 51.8 Å². The van der Waals surface area contributed by atoms with E-state index in [9.17, 15) is 0 Å². The van der Waals surface area contributed by atoms with Crippen molar-refractivity contribution in [2.75, 3.05) is 0 Å². The third kappa shape index (κ3) is 2.74. The molecule has 0 aliphatic carbocycles. The highest BCUT2D eigenvalue weighted by atomic mass is 15.0. The second kappa shape index (κ2) is 7.15. The fourth-order valence-corrected chi connectivity index (χ4v) is 4.62. The van der Waals surface area contributed by atoms with Crippen LogP contribution in [0.5, 0.6) is 0 Å². The Hall–Kier alpha value is -1.89. The van der Waals surface area contributed by atoms with Crippen LogP contribution in [0.4, 0.5) is 0 Å². The van der Waals surface area contributed by atoms with Crippen molar-refractivity contribution in [2.45, 2.75) is 71.6 Å². The smallest absolute Gasteiger partial charge is 0.163 e. The Bertz CT molecular complexity index is 781. The van der Waals surface area contributed by atoms with Crippen LogP contribution in [0.1, 0.15) is 69.6 Å².